The van der Waals surface area contributed by atoms with Crippen molar-refractivity contribution >= 4 is 35.4 Å². The Balaban J connectivity index is 1.87. The molecule has 3 rings (SSSR count). The van der Waals surface area contributed by atoms with Crippen LogP contribution in [0.3, 0.4) is 0 Å². The number of hydrogen-bond acceptors (Lipinski definition) is 3. The fourth-order valence-corrected chi connectivity index (χ4v) is 4.86. The Bertz CT molecular complexity index is 521. The largest absolute Gasteiger partial charge is 0.289 e. The minimum absolute atomic E-state index is 0.274. The first-order valence-electron chi connectivity index (χ1n) is 6.13. The fourth-order valence-electron chi connectivity index (χ4n) is 2.25. The van der Waals surface area contributed by atoms with E-state index in [0.717, 1.165) is 41.1 Å². The number of carbonyl (C=O) groups excluding carboxylic acids is 1. The standard InChI is InChI=1S/C15H14OS2/c16-14-12(10-11-4-2-1-3-5-11)6-7-13(14)15-17-8-9-18-15/h1-5,10H,6-9H2/b12-10+. The summed E-state index contributed by atoms with van der Waals surface area (Å²) in [7, 11) is 0. The average Bonchev–Trinajstić information content (AvgIpc) is 3.02. The van der Waals surface area contributed by atoms with E-state index in [-0.39, 0.29) is 5.78 Å². The molecule has 1 nitrogen and oxygen atoms in total. The first-order valence-corrected chi connectivity index (χ1v) is 8.11. The second kappa shape index (κ2) is 5.37. The maximum absolute atomic E-state index is 12.3. The Morgan fingerprint density at radius 2 is 1.72 bits per heavy atom. The number of thioether (sulfide) groups is 2. The van der Waals surface area contributed by atoms with Gasteiger partial charge in [-0.2, -0.15) is 0 Å². The van der Waals surface area contributed by atoms with Crippen LogP contribution in [0.15, 0.2) is 45.7 Å². The first-order chi connectivity index (χ1) is 8.84. The van der Waals surface area contributed by atoms with Gasteiger partial charge in [-0.1, -0.05) is 30.3 Å². The molecule has 1 aromatic rings. The quantitative estimate of drug-likeness (QED) is 0.717. The smallest absolute Gasteiger partial charge is 0.186 e. The Morgan fingerprint density at radius 3 is 2.44 bits per heavy atom. The molecular formula is C15H14OS2. The number of carbonyl (C=O) groups is 1. The van der Waals surface area contributed by atoms with E-state index >= 15 is 0 Å². The summed E-state index contributed by atoms with van der Waals surface area (Å²) < 4.78 is 1.27. The van der Waals surface area contributed by atoms with E-state index in [1.54, 1.807) is 0 Å². The van der Waals surface area contributed by atoms with Crippen molar-refractivity contribution in [3.63, 3.8) is 0 Å². The zero-order chi connectivity index (χ0) is 12.4. The Morgan fingerprint density at radius 1 is 1.00 bits per heavy atom. The Labute approximate surface area is 116 Å². The fraction of sp³-hybridized carbons (Fsp3) is 0.267. The summed E-state index contributed by atoms with van der Waals surface area (Å²) in [5.41, 5.74) is 3.15. The molecule has 1 aliphatic heterocycles. The first kappa shape index (κ1) is 12.1. The van der Waals surface area contributed by atoms with Crippen molar-refractivity contribution in [2.24, 2.45) is 0 Å². The molecule has 1 aromatic carbocycles. The highest BCUT2D eigenvalue weighted by Crippen LogP contribution is 2.43. The van der Waals surface area contributed by atoms with Crippen LogP contribution in [0.5, 0.6) is 0 Å². The SMILES string of the molecule is O=C1C(=C2SCCS2)CC/C1=C\c1ccccc1. The molecule has 1 saturated heterocycles. The van der Waals surface area contributed by atoms with Crippen LogP contribution in [0.1, 0.15) is 18.4 Å². The van der Waals surface area contributed by atoms with E-state index in [1.807, 2.05) is 59.9 Å². The molecule has 1 heterocycles. The van der Waals surface area contributed by atoms with Gasteiger partial charge in [0.15, 0.2) is 5.78 Å². The van der Waals surface area contributed by atoms with Gasteiger partial charge in [-0.25, -0.2) is 0 Å². The number of rotatable bonds is 1. The van der Waals surface area contributed by atoms with Crippen molar-refractivity contribution in [1.82, 2.24) is 0 Å². The number of allylic oxidation sites excluding steroid dienone is 2. The van der Waals surface area contributed by atoms with Gasteiger partial charge in [0.25, 0.3) is 0 Å². The maximum Gasteiger partial charge on any atom is 0.186 e. The summed E-state index contributed by atoms with van der Waals surface area (Å²) in [5.74, 6) is 2.57. The molecule has 0 radical (unpaired) electrons. The van der Waals surface area contributed by atoms with Crippen molar-refractivity contribution in [3.8, 4) is 0 Å². The summed E-state index contributed by atoms with van der Waals surface area (Å²) in [6.07, 6.45) is 3.86. The molecule has 18 heavy (non-hydrogen) atoms. The Kier molecular flexibility index (Phi) is 3.62. The molecule has 92 valence electrons. The molecule has 2 aliphatic rings. The van der Waals surface area contributed by atoms with Crippen LogP contribution in [0.4, 0.5) is 0 Å². The monoisotopic (exact) mass is 274 g/mol. The highest BCUT2D eigenvalue weighted by molar-refractivity contribution is 8.25. The van der Waals surface area contributed by atoms with Gasteiger partial charge in [0.05, 0.1) is 0 Å². The van der Waals surface area contributed by atoms with Gasteiger partial charge in [-0.05, 0) is 24.5 Å². The lowest BCUT2D eigenvalue weighted by molar-refractivity contribution is -0.111. The summed E-state index contributed by atoms with van der Waals surface area (Å²) in [4.78, 5) is 12.3. The lowest BCUT2D eigenvalue weighted by atomic mass is 10.1. The predicted octanol–water partition coefficient (Wildman–Crippen LogP) is 4.12. The number of Topliss-reactive ketones (excluding diaryl/α,β-unsaturated/α-hetero) is 1. The molecule has 2 fully saturated rings. The van der Waals surface area contributed by atoms with Crippen LogP contribution < -0.4 is 0 Å². The van der Waals surface area contributed by atoms with Crippen LogP contribution in [-0.2, 0) is 4.79 Å². The van der Waals surface area contributed by atoms with Crippen molar-refractivity contribution < 1.29 is 4.79 Å². The minimum atomic E-state index is 0.274. The zero-order valence-corrected chi connectivity index (χ0v) is 11.7. The molecular weight excluding hydrogens is 260 g/mol. The van der Waals surface area contributed by atoms with Gasteiger partial charge >= 0.3 is 0 Å². The number of benzene rings is 1. The van der Waals surface area contributed by atoms with Crippen molar-refractivity contribution in [3.05, 3.63) is 51.3 Å². The predicted molar refractivity (Wildman–Crippen MR) is 80.6 cm³/mol. The third-order valence-electron chi connectivity index (χ3n) is 3.15. The lowest BCUT2D eigenvalue weighted by Gasteiger charge is -1.99. The van der Waals surface area contributed by atoms with Crippen LogP contribution in [-0.4, -0.2) is 17.3 Å². The molecule has 0 bridgehead atoms. The zero-order valence-electron chi connectivity index (χ0n) is 10.0. The molecule has 1 saturated carbocycles. The second-order valence-electron chi connectivity index (χ2n) is 4.37. The van der Waals surface area contributed by atoms with Crippen LogP contribution in [0, 0.1) is 0 Å². The molecule has 0 spiro atoms. The molecule has 0 amide bonds. The summed E-state index contributed by atoms with van der Waals surface area (Å²) in [5, 5.41) is 0. The second-order valence-corrected chi connectivity index (χ2v) is 6.84. The normalized spacial score (nSPS) is 22.2. The molecule has 0 unspecified atom stereocenters. The van der Waals surface area contributed by atoms with Crippen LogP contribution >= 0.6 is 23.5 Å². The topological polar surface area (TPSA) is 17.1 Å². The van der Waals surface area contributed by atoms with Gasteiger partial charge in [-0.15, -0.1) is 23.5 Å². The van der Waals surface area contributed by atoms with Crippen molar-refractivity contribution in [1.29, 1.82) is 0 Å². The van der Waals surface area contributed by atoms with E-state index in [0.29, 0.717) is 0 Å². The molecule has 1 aliphatic carbocycles. The third-order valence-corrected chi connectivity index (χ3v) is 5.95. The van der Waals surface area contributed by atoms with Crippen LogP contribution in [0.2, 0.25) is 0 Å². The van der Waals surface area contributed by atoms with Crippen LogP contribution in [0.25, 0.3) is 6.08 Å². The summed E-state index contributed by atoms with van der Waals surface area (Å²) >= 11 is 3.69. The van der Waals surface area contributed by atoms with E-state index in [1.165, 1.54) is 4.24 Å². The van der Waals surface area contributed by atoms with Gasteiger partial charge in [0, 0.05) is 26.9 Å². The average molecular weight is 274 g/mol. The Hall–Kier alpha value is -0.930. The van der Waals surface area contributed by atoms with Gasteiger partial charge in [0.2, 0.25) is 0 Å². The van der Waals surface area contributed by atoms with E-state index in [9.17, 15) is 4.79 Å². The highest BCUT2D eigenvalue weighted by Gasteiger charge is 2.28. The molecule has 0 aromatic heterocycles. The van der Waals surface area contributed by atoms with E-state index < -0.39 is 0 Å². The van der Waals surface area contributed by atoms with Gasteiger partial charge < -0.3 is 0 Å². The van der Waals surface area contributed by atoms with Crippen molar-refractivity contribution in [2.75, 3.05) is 11.5 Å². The third kappa shape index (κ3) is 2.43. The number of ketones is 1. The van der Waals surface area contributed by atoms with Crippen molar-refractivity contribution in [2.45, 2.75) is 12.8 Å². The highest BCUT2D eigenvalue weighted by atomic mass is 32.2. The van der Waals surface area contributed by atoms with Gasteiger partial charge in [-0.3, -0.25) is 4.79 Å². The molecule has 0 atom stereocenters. The van der Waals surface area contributed by atoms with E-state index in [2.05, 4.69) is 0 Å². The number of hydrogen-bond donors (Lipinski definition) is 0. The summed E-state index contributed by atoms with van der Waals surface area (Å²) in [6, 6.07) is 10.1. The minimum Gasteiger partial charge on any atom is -0.289 e. The molecule has 3 heteroatoms. The van der Waals surface area contributed by atoms with Gasteiger partial charge in [0.1, 0.15) is 0 Å². The lowest BCUT2D eigenvalue weighted by Crippen LogP contribution is -1.96. The molecule has 0 N–H and O–H groups in total. The summed E-state index contributed by atoms with van der Waals surface area (Å²) in [6.45, 7) is 0. The maximum atomic E-state index is 12.3. The van der Waals surface area contributed by atoms with E-state index in [4.69, 9.17) is 0 Å².